The minimum atomic E-state index is 0.462. The smallest absolute Gasteiger partial charge is 0.0107 e. The minimum absolute atomic E-state index is 0.462. The molecule has 0 spiro atoms. The van der Waals surface area contributed by atoms with Crippen molar-refractivity contribution in [3.05, 3.63) is 35.9 Å². The minimum Gasteiger partial charge on any atom is -0.313 e. The first-order valence-corrected chi connectivity index (χ1v) is 6.10. The molecule has 0 bridgehead atoms. The molecule has 0 radical (unpaired) electrons. The quantitative estimate of drug-likeness (QED) is 0.790. The van der Waals surface area contributed by atoms with E-state index in [0.717, 1.165) is 12.0 Å². The summed E-state index contributed by atoms with van der Waals surface area (Å²) in [4.78, 5) is 0. The van der Waals surface area contributed by atoms with Crippen LogP contribution in [-0.4, -0.2) is 12.6 Å². The molecule has 2 atom stereocenters. The Hall–Kier alpha value is -0.820. The highest BCUT2D eigenvalue weighted by Crippen LogP contribution is 2.53. The molecule has 2 unspecified atom stereocenters. The van der Waals surface area contributed by atoms with Crippen molar-refractivity contribution in [3.63, 3.8) is 0 Å². The molecule has 0 aliphatic heterocycles. The lowest BCUT2D eigenvalue weighted by atomic mass is 9.93. The van der Waals surface area contributed by atoms with Crippen molar-refractivity contribution in [1.82, 2.24) is 5.32 Å². The lowest BCUT2D eigenvalue weighted by Gasteiger charge is -2.18. The third-order valence-electron chi connectivity index (χ3n) is 4.09. The largest absolute Gasteiger partial charge is 0.313 e. The summed E-state index contributed by atoms with van der Waals surface area (Å²) in [6.45, 7) is 3.56. The van der Waals surface area contributed by atoms with Gasteiger partial charge in [0.2, 0.25) is 0 Å². The molecule has 2 aliphatic rings. The summed E-state index contributed by atoms with van der Waals surface area (Å²) in [5.74, 6) is 0.853. The Balaban J connectivity index is 1.74. The van der Waals surface area contributed by atoms with Crippen LogP contribution in [0.1, 0.15) is 31.7 Å². The standard InChI is InChI=1S/C14H19N/c1-11-9-14(11,10-15-13-7-8-13)12-5-3-2-4-6-12/h2-6,11,13,15H,7-10H2,1H3. The van der Waals surface area contributed by atoms with Gasteiger partial charge in [0, 0.05) is 18.0 Å². The first kappa shape index (κ1) is 9.41. The molecule has 2 saturated carbocycles. The Morgan fingerprint density at radius 3 is 2.47 bits per heavy atom. The monoisotopic (exact) mass is 201 g/mol. The Labute approximate surface area is 91.9 Å². The molecule has 0 aromatic heterocycles. The normalized spacial score (nSPS) is 34.1. The van der Waals surface area contributed by atoms with E-state index < -0.39 is 0 Å². The van der Waals surface area contributed by atoms with Gasteiger partial charge in [-0.15, -0.1) is 0 Å². The first-order valence-electron chi connectivity index (χ1n) is 6.10. The molecule has 0 saturated heterocycles. The summed E-state index contributed by atoms with van der Waals surface area (Å²) < 4.78 is 0. The van der Waals surface area contributed by atoms with E-state index in [4.69, 9.17) is 0 Å². The zero-order valence-corrected chi connectivity index (χ0v) is 9.37. The van der Waals surface area contributed by atoms with E-state index in [1.54, 1.807) is 0 Å². The molecule has 1 N–H and O–H groups in total. The number of benzene rings is 1. The fraction of sp³-hybridized carbons (Fsp3) is 0.571. The third-order valence-corrected chi connectivity index (χ3v) is 4.09. The van der Waals surface area contributed by atoms with Gasteiger partial charge in [-0.1, -0.05) is 37.3 Å². The predicted molar refractivity (Wildman–Crippen MR) is 62.9 cm³/mol. The maximum Gasteiger partial charge on any atom is 0.0107 e. The van der Waals surface area contributed by atoms with E-state index in [1.807, 2.05) is 0 Å². The maximum atomic E-state index is 3.69. The van der Waals surface area contributed by atoms with Gasteiger partial charge < -0.3 is 5.32 Å². The van der Waals surface area contributed by atoms with Gasteiger partial charge in [-0.3, -0.25) is 0 Å². The van der Waals surface area contributed by atoms with Crippen LogP contribution >= 0.6 is 0 Å². The Morgan fingerprint density at radius 1 is 1.27 bits per heavy atom. The van der Waals surface area contributed by atoms with E-state index >= 15 is 0 Å². The fourth-order valence-electron chi connectivity index (χ4n) is 2.62. The zero-order valence-electron chi connectivity index (χ0n) is 9.37. The molecule has 2 aliphatic carbocycles. The number of rotatable bonds is 4. The van der Waals surface area contributed by atoms with E-state index in [2.05, 4.69) is 42.6 Å². The Bertz CT molecular complexity index is 342. The fourth-order valence-corrected chi connectivity index (χ4v) is 2.62. The van der Waals surface area contributed by atoms with E-state index in [-0.39, 0.29) is 0 Å². The highest BCUT2D eigenvalue weighted by atomic mass is 15.0. The van der Waals surface area contributed by atoms with Gasteiger partial charge in [0.15, 0.2) is 0 Å². The van der Waals surface area contributed by atoms with Crippen molar-refractivity contribution < 1.29 is 0 Å². The van der Waals surface area contributed by atoms with Crippen molar-refractivity contribution in [2.75, 3.05) is 6.54 Å². The lowest BCUT2D eigenvalue weighted by molar-refractivity contribution is 0.541. The van der Waals surface area contributed by atoms with Crippen molar-refractivity contribution in [1.29, 1.82) is 0 Å². The molecule has 80 valence electrons. The third kappa shape index (κ3) is 1.69. The van der Waals surface area contributed by atoms with Crippen LogP contribution in [0.5, 0.6) is 0 Å². The van der Waals surface area contributed by atoms with Gasteiger partial charge in [-0.25, -0.2) is 0 Å². The van der Waals surface area contributed by atoms with Crippen LogP contribution in [0.4, 0.5) is 0 Å². The van der Waals surface area contributed by atoms with E-state index in [0.29, 0.717) is 5.41 Å². The summed E-state index contributed by atoms with van der Waals surface area (Å²) in [6, 6.07) is 11.9. The molecule has 0 heterocycles. The molecule has 1 nitrogen and oxygen atoms in total. The van der Waals surface area contributed by atoms with Crippen molar-refractivity contribution >= 4 is 0 Å². The van der Waals surface area contributed by atoms with Gasteiger partial charge in [0.25, 0.3) is 0 Å². The highest BCUT2D eigenvalue weighted by molar-refractivity contribution is 5.33. The van der Waals surface area contributed by atoms with Crippen LogP contribution in [0, 0.1) is 5.92 Å². The van der Waals surface area contributed by atoms with Crippen LogP contribution in [-0.2, 0) is 5.41 Å². The van der Waals surface area contributed by atoms with Crippen LogP contribution in [0.25, 0.3) is 0 Å². The Kier molecular flexibility index (Phi) is 2.10. The number of nitrogens with one attached hydrogen (secondary N) is 1. The molecule has 15 heavy (non-hydrogen) atoms. The Morgan fingerprint density at radius 2 is 1.93 bits per heavy atom. The molecule has 2 fully saturated rings. The summed E-state index contributed by atoms with van der Waals surface area (Å²) in [7, 11) is 0. The second-order valence-corrected chi connectivity index (χ2v) is 5.28. The van der Waals surface area contributed by atoms with Gasteiger partial charge in [0.1, 0.15) is 0 Å². The van der Waals surface area contributed by atoms with Crippen LogP contribution in [0.3, 0.4) is 0 Å². The van der Waals surface area contributed by atoms with Gasteiger partial charge >= 0.3 is 0 Å². The highest BCUT2D eigenvalue weighted by Gasteiger charge is 2.52. The van der Waals surface area contributed by atoms with Crippen LogP contribution < -0.4 is 5.32 Å². The molecular weight excluding hydrogens is 182 g/mol. The molecule has 3 rings (SSSR count). The predicted octanol–water partition coefficient (Wildman–Crippen LogP) is 2.72. The van der Waals surface area contributed by atoms with E-state index in [9.17, 15) is 0 Å². The first-order chi connectivity index (χ1) is 7.31. The van der Waals surface area contributed by atoms with Crippen LogP contribution in [0.2, 0.25) is 0 Å². The molecular formula is C14H19N. The molecule has 1 aromatic rings. The summed E-state index contributed by atoms with van der Waals surface area (Å²) in [6.07, 6.45) is 4.13. The SMILES string of the molecule is CC1CC1(CNC1CC1)c1ccccc1. The van der Waals surface area contributed by atoms with Crippen molar-refractivity contribution in [2.45, 2.75) is 37.6 Å². The number of hydrogen-bond acceptors (Lipinski definition) is 1. The maximum absolute atomic E-state index is 3.69. The molecule has 1 aromatic carbocycles. The van der Waals surface area contributed by atoms with Crippen molar-refractivity contribution in [2.24, 2.45) is 5.92 Å². The zero-order chi connectivity index (χ0) is 10.3. The molecule has 1 heteroatoms. The van der Waals surface area contributed by atoms with Gasteiger partial charge in [-0.05, 0) is 30.7 Å². The molecule has 0 amide bonds. The van der Waals surface area contributed by atoms with Gasteiger partial charge in [-0.2, -0.15) is 0 Å². The summed E-state index contributed by atoms with van der Waals surface area (Å²) >= 11 is 0. The average Bonchev–Trinajstić information content (AvgIpc) is 3.14. The van der Waals surface area contributed by atoms with E-state index in [1.165, 1.54) is 31.4 Å². The van der Waals surface area contributed by atoms with Crippen LogP contribution in [0.15, 0.2) is 30.3 Å². The number of hydrogen-bond donors (Lipinski definition) is 1. The second-order valence-electron chi connectivity index (χ2n) is 5.28. The summed E-state index contributed by atoms with van der Waals surface area (Å²) in [5, 5.41) is 3.69. The van der Waals surface area contributed by atoms with Gasteiger partial charge in [0.05, 0.1) is 0 Å². The average molecular weight is 201 g/mol. The lowest BCUT2D eigenvalue weighted by Crippen LogP contribution is -2.29. The summed E-state index contributed by atoms with van der Waals surface area (Å²) in [5.41, 5.74) is 2.00. The topological polar surface area (TPSA) is 12.0 Å². The van der Waals surface area contributed by atoms with Crippen molar-refractivity contribution in [3.8, 4) is 0 Å². The second kappa shape index (κ2) is 3.34.